The predicted molar refractivity (Wildman–Crippen MR) is 66.0 cm³/mol. The van der Waals surface area contributed by atoms with Gasteiger partial charge in [0.05, 0.1) is 17.5 Å². The van der Waals surface area contributed by atoms with Crippen molar-refractivity contribution >= 4 is 27.0 Å². The van der Waals surface area contributed by atoms with E-state index < -0.39 is 15.1 Å². The van der Waals surface area contributed by atoms with Crippen LogP contribution in [-0.4, -0.2) is 23.6 Å². The van der Waals surface area contributed by atoms with Gasteiger partial charge in [-0.05, 0) is 25.0 Å². The zero-order valence-corrected chi connectivity index (χ0v) is 10.6. The summed E-state index contributed by atoms with van der Waals surface area (Å²) in [6.07, 6.45) is 4.81. The Labute approximate surface area is 104 Å². The van der Waals surface area contributed by atoms with Gasteiger partial charge in [-0.15, -0.1) is 0 Å². The second kappa shape index (κ2) is 3.71. The lowest BCUT2D eigenvalue weighted by atomic mass is 10.2. The highest BCUT2D eigenvalue weighted by Gasteiger charge is 2.35. The summed E-state index contributed by atoms with van der Waals surface area (Å²) in [5, 5.41) is 0.157. The van der Waals surface area contributed by atoms with Gasteiger partial charge in [0.2, 0.25) is 0 Å². The molecule has 2 aromatic rings. The molecule has 17 heavy (non-hydrogen) atoms. The maximum Gasteiger partial charge on any atom is 0.160 e. The van der Waals surface area contributed by atoms with Gasteiger partial charge in [0.25, 0.3) is 0 Å². The number of rotatable bonds is 1. The molecule has 0 radical (unpaired) electrons. The summed E-state index contributed by atoms with van der Waals surface area (Å²) >= 11 is 5.88. The minimum atomic E-state index is -3.03. The molecule has 1 unspecified atom stereocenters. The molecule has 1 aliphatic rings. The highest BCUT2D eigenvalue weighted by Crippen LogP contribution is 2.34. The molecule has 1 atom stereocenters. The summed E-state index contributed by atoms with van der Waals surface area (Å²) in [6, 6.07) is 3.51. The summed E-state index contributed by atoms with van der Waals surface area (Å²) in [4.78, 5) is 4.24. The number of fused-ring (bicyclic) bond motifs is 1. The summed E-state index contributed by atoms with van der Waals surface area (Å²) in [5.41, 5.74) is 0.828. The summed E-state index contributed by atoms with van der Waals surface area (Å²) in [5.74, 6) is 0.870. The monoisotopic (exact) mass is 270 g/mol. The van der Waals surface area contributed by atoms with Crippen LogP contribution in [0.5, 0.6) is 0 Å². The van der Waals surface area contributed by atoms with E-state index in [1.807, 2.05) is 0 Å². The van der Waals surface area contributed by atoms with Crippen LogP contribution in [0, 0.1) is 0 Å². The fourth-order valence-electron chi connectivity index (χ4n) is 2.31. The first kappa shape index (κ1) is 11.0. The van der Waals surface area contributed by atoms with Crippen molar-refractivity contribution in [3.8, 4) is 0 Å². The molecule has 3 heterocycles. The Morgan fingerprint density at radius 2 is 2.29 bits per heavy atom. The molecule has 4 nitrogen and oxygen atoms in total. The van der Waals surface area contributed by atoms with Crippen LogP contribution in [0.3, 0.4) is 0 Å². The van der Waals surface area contributed by atoms with Gasteiger partial charge in [-0.25, -0.2) is 13.4 Å². The molecule has 0 saturated carbocycles. The van der Waals surface area contributed by atoms with Gasteiger partial charge in [-0.2, -0.15) is 0 Å². The molecule has 90 valence electrons. The van der Waals surface area contributed by atoms with Gasteiger partial charge in [-0.3, -0.25) is 0 Å². The summed E-state index contributed by atoms with van der Waals surface area (Å²) < 4.78 is 25.6. The van der Waals surface area contributed by atoms with Crippen molar-refractivity contribution in [2.75, 3.05) is 5.75 Å². The molecule has 0 amide bonds. The Bertz CT molecular complexity index is 678. The molecule has 3 rings (SSSR count). The highest BCUT2D eigenvalue weighted by atomic mass is 35.5. The van der Waals surface area contributed by atoms with Gasteiger partial charge < -0.3 is 4.40 Å². The summed E-state index contributed by atoms with van der Waals surface area (Å²) in [6.45, 7) is 0. The number of hydrogen-bond donors (Lipinski definition) is 0. The van der Waals surface area contributed by atoms with Crippen LogP contribution in [0.1, 0.15) is 23.9 Å². The van der Waals surface area contributed by atoms with Crippen LogP contribution >= 0.6 is 11.6 Å². The first-order valence-corrected chi connectivity index (χ1v) is 7.51. The highest BCUT2D eigenvalue weighted by molar-refractivity contribution is 7.91. The van der Waals surface area contributed by atoms with Crippen molar-refractivity contribution in [2.24, 2.45) is 0 Å². The number of halogens is 1. The van der Waals surface area contributed by atoms with Gasteiger partial charge in [0.15, 0.2) is 9.84 Å². The molecule has 0 bridgehead atoms. The van der Waals surface area contributed by atoms with Crippen molar-refractivity contribution in [2.45, 2.75) is 18.1 Å². The van der Waals surface area contributed by atoms with Crippen molar-refractivity contribution < 1.29 is 8.42 Å². The Morgan fingerprint density at radius 3 is 3.00 bits per heavy atom. The minimum absolute atomic E-state index is 0.264. The van der Waals surface area contributed by atoms with Crippen molar-refractivity contribution in [1.82, 2.24) is 9.38 Å². The van der Waals surface area contributed by atoms with Gasteiger partial charge in [0.1, 0.15) is 11.1 Å². The number of nitrogens with zero attached hydrogens (tertiary/aromatic N) is 2. The zero-order chi connectivity index (χ0) is 12.0. The fourth-order valence-corrected chi connectivity index (χ4v) is 4.36. The number of pyridine rings is 1. The van der Waals surface area contributed by atoms with Crippen molar-refractivity contribution in [3.05, 3.63) is 35.4 Å². The normalized spacial score (nSPS) is 23.2. The topological polar surface area (TPSA) is 51.4 Å². The number of aromatic nitrogens is 2. The summed E-state index contributed by atoms with van der Waals surface area (Å²) in [7, 11) is -3.03. The van der Waals surface area contributed by atoms with Crippen LogP contribution in [0.2, 0.25) is 5.02 Å². The second-order valence-electron chi connectivity index (χ2n) is 4.25. The number of imidazole rings is 1. The van der Waals surface area contributed by atoms with Crippen LogP contribution in [-0.2, 0) is 9.84 Å². The van der Waals surface area contributed by atoms with Gasteiger partial charge in [-0.1, -0.05) is 11.6 Å². The van der Waals surface area contributed by atoms with E-state index >= 15 is 0 Å². The SMILES string of the molecule is O=S1(=O)CCCC1c1ncc2cc(Cl)ccn12. The molecule has 2 aromatic heterocycles. The largest absolute Gasteiger partial charge is 0.303 e. The first-order valence-electron chi connectivity index (χ1n) is 5.42. The Kier molecular flexibility index (Phi) is 2.41. The zero-order valence-electron chi connectivity index (χ0n) is 9.01. The molecule has 1 aliphatic heterocycles. The average molecular weight is 271 g/mol. The minimum Gasteiger partial charge on any atom is -0.303 e. The molecule has 6 heteroatoms. The third kappa shape index (κ3) is 1.73. The second-order valence-corrected chi connectivity index (χ2v) is 6.99. The molecule has 1 saturated heterocycles. The van der Waals surface area contributed by atoms with E-state index in [1.54, 1.807) is 28.9 Å². The van der Waals surface area contributed by atoms with Crippen molar-refractivity contribution in [3.63, 3.8) is 0 Å². The Balaban J connectivity index is 2.19. The van der Waals surface area contributed by atoms with Crippen molar-refractivity contribution in [1.29, 1.82) is 0 Å². The predicted octanol–water partition coefficient (Wildman–Crippen LogP) is 2.24. The van der Waals surface area contributed by atoms with E-state index in [1.165, 1.54) is 0 Å². The lowest BCUT2D eigenvalue weighted by Gasteiger charge is -2.08. The van der Waals surface area contributed by atoms with E-state index in [9.17, 15) is 8.42 Å². The molecule has 0 aromatic carbocycles. The molecular formula is C11H11ClN2O2S. The van der Waals surface area contributed by atoms with Gasteiger partial charge >= 0.3 is 0 Å². The molecule has 0 spiro atoms. The average Bonchev–Trinajstić information content (AvgIpc) is 2.80. The van der Waals surface area contributed by atoms with E-state index in [0.29, 0.717) is 17.3 Å². The molecule has 0 N–H and O–H groups in total. The number of hydrogen-bond acceptors (Lipinski definition) is 3. The van der Waals surface area contributed by atoms with E-state index in [-0.39, 0.29) is 5.75 Å². The van der Waals surface area contributed by atoms with E-state index in [0.717, 1.165) is 11.9 Å². The van der Waals surface area contributed by atoms with E-state index in [4.69, 9.17) is 11.6 Å². The first-order chi connectivity index (χ1) is 8.08. The maximum atomic E-state index is 11.9. The Hall–Kier alpha value is -1.07. The third-order valence-corrected chi connectivity index (χ3v) is 5.55. The van der Waals surface area contributed by atoms with Crippen LogP contribution in [0.4, 0.5) is 0 Å². The smallest absolute Gasteiger partial charge is 0.160 e. The number of sulfone groups is 1. The Morgan fingerprint density at radius 1 is 1.47 bits per heavy atom. The third-order valence-electron chi connectivity index (χ3n) is 3.14. The maximum absolute atomic E-state index is 11.9. The lowest BCUT2D eigenvalue weighted by molar-refractivity contribution is 0.588. The molecule has 0 aliphatic carbocycles. The standard InChI is InChI=1S/C11H11ClN2O2S/c12-8-3-4-14-9(6-8)7-13-11(14)10-2-1-5-17(10,15)16/h3-4,6-7,10H,1-2,5H2. The van der Waals surface area contributed by atoms with Crippen LogP contribution < -0.4 is 0 Å². The van der Waals surface area contributed by atoms with E-state index in [2.05, 4.69) is 4.98 Å². The van der Waals surface area contributed by atoms with Crippen LogP contribution in [0.25, 0.3) is 5.52 Å². The van der Waals surface area contributed by atoms with Crippen LogP contribution in [0.15, 0.2) is 24.5 Å². The molecule has 1 fully saturated rings. The molecular weight excluding hydrogens is 260 g/mol. The fraction of sp³-hybridized carbons (Fsp3) is 0.364. The lowest BCUT2D eigenvalue weighted by Crippen LogP contribution is -2.11. The van der Waals surface area contributed by atoms with Gasteiger partial charge in [0, 0.05) is 11.2 Å². The quantitative estimate of drug-likeness (QED) is 0.799.